The zero-order valence-corrected chi connectivity index (χ0v) is 15.7. The molecule has 1 heterocycles. The number of benzene rings is 2. The summed E-state index contributed by atoms with van der Waals surface area (Å²) in [7, 11) is 3.25. The van der Waals surface area contributed by atoms with Crippen LogP contribution in [0.3, 0.4) is 0 Å². The van der Waals surface area contributed by atoms with Crippen LogP contribution in [0.25, 0.3) is 0 Å². The number of likely N-dealkylation sites (tertiary alicyclic amines) is 1. The molecule has 1 saturated heterocycles. The van der Waals surface area contributed by atoms with Crippen molar-refractivity contribution in [2.24, 2.45) is 0 Å². The summed E-state index contributed by atoms with van der Waals surface area (Å²) >= 11 is 5.86. The number of nitrogens with zero attached hydrogens (tertiary/aromatic N) is 1. The van der Waals surface area contributed by atoms with Crippen molar-refractivity contribution in [3.05, 3.63) is 53.1 Å². The molecule has 0 spiro atoms. The molecule has 5 nitrogen and oxygen atoms in total. The smallest absolute Gasteiger partial charge is 0.261 e. The third-order valence-electron chi connectivity index (χ3n) is 4.55. The lowest BCUT2D eigenvalue weighted by Gasteiger charge is -2.26. The van der Waals surface area contributed by atoms with Gasteiger partial charge < -0.3 is 19.1 Å². The number of carbonyl (C=O) groups excluding carboxylic acids is 1. The lowest BCUT2D eigenvalue weighted by molar-refractivity contribution is -0.134. The number of rotatable bonds is 6. The summed E-state index contributed by atoms with van der Waals surface area (Å²) in [5.74, 6) is 2.04. The van der Waals surface area contributed by atoms with E-state index < -0.39 is 0 Å². The van der Waals surface area contributed by atoms with E-state index in [1.54, 1.807) is 38.5 Å². The first kappa shape index (κ1) is 18.4. The van der Waals surface area contributed by atoms with Crippen LogP contribution in [0.15, 0.2) is 42.5 Å². The summed E-state index contributed by atoms with van der Waals surface area (Å²) in [5, 5.41) is 0.634. The lowest BCUT2D eigenvalue weighted by atomic mass is 10.0. The standard InChI is InChI=1S/C20H22ClNO4/c1-24-16-9-10-17(19(12-16)25-2)18-4-3-11-22(18)20(23)13-26-15-7-5-14(21)6-8-15/h5-10,12,18H,3-4,11,13H2,1-2H3/t18-/m1/s1. The van der Waals surface area contributed by atoms with Crippen LogP contribution in [0.4, 0.5) is 0 Å². The maximum Gasteiger partial charge on any atom is 0.261 e. The molecule has 0 aliphatic carbocycles. The van der Waals surface area contributed by atoms with E-state index in [1.165, 1.54) is 0 Å². The van der Waals surface area contributed by atoms with E-state index in [0.717, 1.165) is 29.9 Å². The lowest BCUT2D eigenvalue weighted by Crippen LogP contribution is -2.34. The van der Waals surface area contributed by atoms with Gasteiger partial charge in [0.2, 0.25) is 0 Å². The third-order valence-corrected chi connectivity index (χ3v) is 4.80. The summed E-state index contributed by atoms with van der Waals surface area (Å²) in [5.41, 5.74) is 0.991. The average Bonchev–Trinajstić information content (AvgIpc) is 3.16. The Balaban J connectivity index is 1.71. The summed E-state index contributed by atoms with van der Waals surface area (Å²) < 4.78 is 16.4. The minimum absolute atomic E-state index is 0.00337. The molecular weight excluding hydrogens is 354 g/mol. The van der Waals surface area contributed by atoms with Crippen LogP contribution in [0.2, 0.25) is 5.02 Å². The fourth-order valence-electron chi connectivity index (χ4n) is 3.24. The van der Waals surface area contributed by atoms with Crippen molar-refractivity contribution in [2.75, 3.05) is 27.4 Å². The summed E-state index contributed by atoms with van der Waals surface area (Å²) in [4.78, 5) is 14.6. The zero-order chi connectivity index (χ0) is 18.5. The van der Waals surface area contributed by atoms with Gasteiger partial charge in [-0.25, -0.2) is 0 Å². The monoisotopic (exact) mass is 375 g/mol. The van der Waals surface area contributed by atoms with Crippen LogP contribution >= 0.6 is 11.6 Å². The third kappa shape index (κ3) is 4.05. The van der Waals surface area contributed by atoms with Gasteiger partial charge in [0.15, 0.2) is 6.61 Å². The van der Waals surface area contributed by atoms with Crippen molar-refractivity contribution in [3.8, 4) is 17.2 Å². The van der Waals surface area contributed by atoms with E-state index >= 15 is 0 Å². The molecule has 1 amide bonds. The molecule has 6 heteroatoms. The molecule has 0 unspecified atom stereocenters. The van der Waals surface area contributed by atoms with Gasteiger partial charge in [0.25, 0.3) is 5.91 Å². The SMILES string of the molecule is COc1ccc([C@H]2CCCN2C(=O)COc2ccc(Cl)cc2)c(OC)c1. The Kier molecular flexibility index (Phi) is 5.89. The molecule has 138 valence electrons. The molecule has 0 N–H and O–H groups in total. The van der Waals surface area contributed by atoms with Crippen LogP contribution < -0.4 is 14.2 Å². The Hall–Kier alpha value is -2.40. The highest BCUT2D eigenvalue weighted by molar-refractivity contribution is 6.30. The van der Waals surface area contributed by atoms with E-state index in [1.807, 2.05) is 23.1 Å². The second-order valence-electron chi connectivity index (χ2n) is 6.10. The molecule has 0 saturated carbocycles. The first-order valence-electron chi connectivity index (χ1n) is 8.52. The molecule has 1 aliphatic heterocycles. The Morgan fingerprint density at radius 2 is 1.85 bits per heavy atom. The largest absolute Gasteiger partial charge is 0.497 e. The van der Waals surface area contributed by atoms with Gasteiger partial charge in [-0.05, 0) is 49.2 Å². The van der Waals surface area contributed by atoms with E-state index in [-0.39, 0.29) is 18.6 Å². The second kappa shape index (κ2) is 8.32. The van der Waals surface area contributed by atoms with Crippen LogP contribution in [0.5, 0.6) is 17.2 Å². The zero-order valence-electron chi connectivity index (χ0n) is 14.9. The van der Waals surface area contributed by atoms with Crippen molar-refractivity contribution >= 4 is 17.5 Å². The predicted octanol–water partition coefficient (Wildman–Crippen LogP) is 4.10. The fraction of sp³-hybridized carbons (Fsp3) is 0.350. The Morgan fingerprint density at radius 1 is 1.12 bits per heavy atom. The van der Waals surface area contributed by atoms with Crippen molar-refractivity contribution in [1.82, 2.24) is 4.90 Å². The molecule has 2 aromatic carbocycles. The average molecular weight is 376 g/mol. The first-order chi connectivity index (χ1) is 12.6. The molecule has 2 aromatic rings. The van der Waals surface area contributed by atoms with Crippen molar-refractivity contribution in [3.63, 3.8) is 0 Å². The van der Waals surface area contributed by atoms with Gasteiger partial charge in [-0.2, -0.15) is 0 Å². The predicted molar refractivity (Wildman–Crippen MR) is 100 cm³/mol. The fourth-order valence-corrected chi connectivity index (χ4v) is 3.37. The highest BCUT2D eigenvalue weighted by Gasteiger charge is 2.32. The Bertz CT molecular complexity index is 763. The first-order valence-corrected chi connectivity index (χ1v) is 8.90. The van der Waals surface area contributed by atoms with Gasteiger partial charge >= 0.3 is 0 Å². The second-order valence-corrected chi connectivity index (χ2v) is 6.53. The van der Waals surface area contributed by atoms with E-state index in [4.69, 9.17) is 25.8 Å². The highest BCUT2D eigenvalue weighted by Crippen LogP contribution is 2.38. The van der Waals surface area contributed by atoms with Crippen LogP contribution in [0.1, 0.15) is 24.4 Å². The van der Waals surface area contributed by atoms with Crippen LogP contribution in [-0.4, -0.2) is 38.2 Å². The number of amides is 1. The number of ether oxygens (including phenoxy) is 3. The van der Waals surface area contributed by atoms with E-state index in [2.05, 4.69) is 0 Å². The van der Waals surface area contributed by atoms with Gasteiger partial charge in [-0.15, -0.1) is 0 Å². The molecule has 0 bridgehead atoms. The van der Waals surface area contributed by atoms with Gasteiger partial charge in [0.05, 0.1) is 20.3 Å². The van der Waals surface area contributed by atoms with Crippen molar-refractivity contribution in [1.29, 1.82) is 0 Å². The molecule has 1 fully saturated rings. The quantitative estimate of drug-likeness (QED) is 0.762. The maximum atomic E-state index is 12.7. The summed E-state index contributed by atoms with van der Waals surface area (Å²) in [6.07, 6.45) is 1.85. The maximum absolute atomic E-state index is 12.7. The highest BCUT2D eigenvalue weighted by atomic mass is 35.5. The van der Waals surface area contributed by atoms with E-state index in [9.17, 15) is 4.79 Å². The number of carbonyl (C=O) groups is 1. The van der Waals surface area contributed by atoms with Crippen LogP contribution in [-0.2, 0) is 4.79 Å². The molecule has 1 aliphatic rings. The molecule has 1 atom stereocenters. The van der Waals surface area contributed by atoms with Gasteiger partial charge in [0.1, 0.15) is 17.2 Å². The minimum Gasteiger partial charge on any atom is -0.497 e. The number of hydrogen-bond donors (Lipinski definition) is 0. The number of hydrogen-bond acceptors (Lipinski definition) is 4. The molecular formula is C20H22ClNO4. The summed E-state index contributed by atoms with van der Waals surface area (Å²) in [6, 6.07) is 12.7. The molecule has 0 aromatic heterocycles. The summed E-state index contributed by atoms with van der Waals surface area (Å²) in [6.45, 7) is 0.708. The van der Waals surface area contributed by atoms with Crippen LogP contribution in [0, 0.1) is 0 Å². The number of halogens is 1. The van der Waals surface area contributed by atoms with Gasteiger partial charge in [-0.1, -0.05) is 11.6 Å². The topological polar surface area (TPSA) is 48.0 Å². The molecule has 26 heavy (non-hydrogen) atoms. The Morgan fingerprint density at radius 3 is 2.54 bits per heavy atom. The molecule has 3 rings (SSSR count). The van der Waals surface area contributed by atoms with Crippen molar-refractivity contribution < 1.29 is 19.0 Å². The van der Waals surface area contributed by atoms with Gasteiger partial charge in [0, 0.05) is 23.2 Å². The Labute approximate surface area is 158 Å². The van der Waals surface area contributed by atoms with Crippen molar-refractivity contribution in [2.45, 2.75) is 18.9 Å². The van der Waals surface area contributed by atoms with E-state index in [0.29, 0.717) is 17.3 Å². The number of methoxy groups -OCH3 is 2. The normalized spacial score (nSPS) is 16.4. The minimum atomic E-state index is -0.0414. The molecule has 0 radical (unpaired) electrons. The van der Waals surface area contributed by atoms with Gasteiger partial charge in [-0.3, -0.25) is 4.79 Å².